The fourth-order valence-corrected chi connectivity index (χ4v) is 3.96. The molecule has 1 aliphatic rings. The number of nitrogens with zero attached hydrogens (tertiary/aromatic N) is 2. The molecule has 0 aliphatic carbocycles. The molecular formula is C23H26N2O3. The lowest BCUT2D eigenvalue weighted by atomic mass is 10.0. The highest BCUT2D eigenvalue weighted by atomic mass is 16.3. The lowest BCUT2D eigenvalue weighted by molar-refractivity contribution is -0.132. The SMILES string of the molecule is CN(C(=O)Cc1cc2ccccc2o1)C(CN1CCCC1)c1cccc(O)c1. The highest BCUT2D eigenvalue weighted by molar-refractivity contribution is 5.82. The fourth-order valence-electron chi connectivity index (χ4n) is 3.96. The molecule has 4 rings (SSSR count). The first kappa shape index (κ1) is 18.6. The summed E-state index contributed by atoms with van der Waals surface area (Å²) in [5.41, 5.74) is 1.75. The van der Waals surface area contributed by atoms with Crippen molar-refractivity contribution in [2.24, 2.45) is 0 Å². The summed E-state index contributed by atoms with van der Waals surface area (Å²) >= 11 is 0. The molecule has 1 aromatic heterocycles. The third kappa shape index (κ3) is 4.04. The van der Waals surface area contributed by atoms with Crippen molar-refractivity contribution in [3.8, 4) is 5.75 Å². The number of rotatable bonds is 6. The van der Waals surface area contributed by atoms with Crippen LogP contribution >= 0.6 is 0 Å². The maximum absolute atomic E-state index is 13.0. The zero-order valence-corrected chi connectivity index (χ0v) is 16.2. The average Bonchev–Trinajstić information content (AvgIpc) is 3.34. The number of likely N-dealkylation sites (tertiary alicyclic amines) is 1. The van der Waals surface area contributed by atoms with Crippen LogP contribution in [0.15, 0.2) is 59.0 Å². The maximum atomic E-state index is 13.0. The van der Waals surface area contributed by atoms with E-state index in [1.807, 2.05) is 49.5 Å². The molecule has 1 aliphatic heterocycles. The first-order valence-corrected chi connectivity index (χ1v) is 9.84. The highest BCUT2D eigenvalue weighted by Gasteiger charge is 2.26. The third-order valence-corrected chi connectivity index (χ3v) is 5.55. The van der Waals surface area contributed by atoms with E-state index < -0.39 is 0 Å². The first-order valence-electron chi connectivity index (χ1n) is 9.84. The van der Waals surface area contributed by atoms with Gasteiger partial charge in [-0.2, -0.15) is 0 Å². The van der Waals surface area contributed by atoms with Gasteiger partial charge in [-0.05, 0) is 55.8 Å². The average molecular weight is 378 g/mol. The largest absolute Gasteiger partial charge is 0.508 e. The molecule has 0 spiro atoms. The fraction of sp³-hybridized carbons (Fsp3) is 0.348. The molecule has 28 heavy (non-hydrogen) atoms. The normalized spacial score (nSPS) is 15.8. The molecule has 5 nitrogen and oxygen atoms in total. The number of hydrogen-bond donors (Lipinski definition) is 1. The Kier molecular flexibility index (Phi) is 5.35. The number of carbonyl (C=O) groups is 1. The number of likely N-dealkylation sites (N-methyl/N-ethyl adjacent to an activating group) is 1. The van der Waals surface area contributed by atoms with Crippen molar-refractivity contribution in [3.63, 3.8) is 0 Å². The summed E-state index contributed by atoms with van der Waals surface area (Å²) < 4.78 is 5.83. The maximum Gasteiger partial charge on any atom is 0.230 e. The summed E-state index contributed by atoms with van der Waals surface area (Å²) in [5, 5.41) is 10.9. The number of benzene rings is 2. The molecule has 5 heteroatoms. The van der Waals surface area contributed by atoms with Gasteiger partial charge in [0.05, 0.1) is 12.5 Å². The lowest BCUT2D eigenvalue weighted by Gasteiger charge is -2.32. The van der Waals surface area contributed by atoms with Gasteiger partial charge in [-0.25, -0.2) is 0 Å². The molecule has 3 aromatic rings. The van der Waals surface area contributed by atoms with Crippen LogP contribution in [0, 0.1) is 0 Å². The van der Waals surface area contributed by atoms with Crippen molar-refractivity contribution in [2.75, 3.05) is 26.7 Å². The number of fused-ring (bicyclic) bond motifs is 1. The van der Waals surface area contributed by atoms with E-state index in [-0.39, 0.29) is 24.1 Å². The number of amides is 1. The Morgan fingerprint density at radius 3 is 2.68 bits per heavy atom. The summed E-state index contributed by atoms with van der Waals surface area (Å²) in [5.74, 6) is 0.905. The van der Waals surface area contributed by atoms with Gasteiger partial charge < -0.3 is 19.3 Å². The summed E-state index contributed by atoms with van der Waals surface area (Å²) in [4.78, 5) is 17.2. The second-order valence-electron chi connectivity index (χ2n) is 7.55. The van der Waals surface area contributed by atoms with E-state index in [0.29, 0.717) is 5.76 Å². The van der Waals surface area contributed by atoms with Crippen LogP contribution in [0.2, 0.25) is 0 Å². The molecular weight excluding hydrogens is 352 g/mol. The van der Waals surface area contributed by atoms with E-state index >= 15 is 0 Å². The van der Waals surface area contributed by atoms with Crippen LogP contribution in [0.4, 0.5) is 0 Å². The molecule has 1 amide bonds. The molecule has 1 atom stereocenters. The summed E-state index contributed by atoms with van der Waals surface area (Å²) in [6.07, 6.45) is 2.62. The monoisotopic (exact) mass is 378 g/mol. The van der Waals surface area contributed by atoms with E-state index in [1.54, 1.807) is 17.0 Å². The number of phenols is 1. The van der Waals surface area contributed by atoms with Gasteiger partial charge in [-0.3, -0.25) is 4.79 Å². The van der Waals surface area contributed by atoms with Crippen molar-refractivity contribution in [1.82, 2.24) is 9.80 Å². The molecule has 0 radical (unpaired) electrons. The number of carbonyl (C=O) groups excluding carboxylic acids is 1. The highest BCUT2D eigenvalue weighted by Crippen LogP contribution is 2.27. The van der Waals surface area contributed by atoms with Gasteiger partial charge in [0.15, 0.2) is 0 Å². The van der Waals surface area contributed by atoms with Gasteiger partial charge in [-0.15, -0.1) is 0 Å². The van der Waals surface area contributed by atoms with Gasteiger partial charge in [0.25, 0.3) is 0 Å². The van der Waals surface area contributed by atoms with E-state index in [0.717, 1.165) is 36.2 Å². The minimum Gasteiger partial charge on any atom is -0.508 e. The zero-order chi connectivity index (χ0) is 19.5. The van der Waals surface area contributed by atoms with Gasteiger partial charge in [-0.1, -0.05) is 30.3 Å². The lowest BCUT2D eigenvalue weighted by Crippen LogP contribution is -2.39. The minimum atomic E-state index is -0.109. The van der Waals surface area contributed by atoms with Gasteiger partial charge in [0.1, 0.15) is 17.1 Å². The van der Waals surface area contributed by atoms with Crippen molar-refractivity contribution < 1.29 is 14.3 Å². The van der Waals surface area contributed by atoms with Gasteiger partial charge in [0.2, 0.25) is 5.91 Å². The Balaban J connectivity index is 1.54. The van der Waals surface area contributed by atoms with E-state index in [9.17, 15) is 9.90 Å². The molecule has 146 valence electrons. The Morgan fingerprint density at radius 1 is 1.14 bits per heavy atom. The van der Waals surface area contributed by atoms with Crippen molar-refractivity contribution >= 4 is 16.9 Å². The summed E-state index contributed by atoms with van der Waals surface area (Å²) in [6.45, 7) is 2.88. The van der Waals surface area contributed by atoms with Crippen molar-refractivity contribution in [3.05, 3.63) is 65.9 Å². The quantitative estimate of drug-likeness (QED) is 0.705. The molecule has 1 unspecified atom stereocenters. The molecule has 0 bridgehead atoms. The van der Waals surface area contributed by atoms with E-state index in [2.05, 4.69) is 4.90 Å². The van der Waals surface area contributed by atoms with Crippen LogP contribution in [0.3, 0.4) is 0 Å². The standard InChI is InChI=1S/C23H26N2O3/c1-24(23(27)15-20-14-18-7-2-3-10-22(18)28-20)21(16-25-11-4-5-12-25)17-8-6-9-19(26)13-17/h2-3,6-10,13-14,21,26H,4-5,11-12,15-16H2,1H3. The number of aromatic hydroxyl groups is 1. The van der Waals surface area contributed by atoms with Crippen molar-refractivity contribution in [1.29, 1.82) is 0 Å². The first-order chi connectivity index (χ1) is 13.6. The number of hydrogen-bond acceptors (Lipinski definition) is 4. The van der Waals surface area contributed by atoms with Crippen LogP contribution in [-0.2, 0) is 11.2 Å². The molecule has 2 heterocycles. The minimum absolute atomic E-state index is 0.00611. The van der Waals surface area contributed by atoms with E-state index in [1.165, 1.54) is 12.8 Å². The van der Waals surface area contributed by atoms with Gasteiger partial charge >= 0.3 is 0 Å². The van der Waals surface area contributed by atoms with Crippen LogP contribution in [-0.4, -0.2) is 47.5 Å². The second kappa shape index (κ2) is 8.07. The van der Waals surface area contributed by atoms with Crippen LogP contribution < -0.4 is 0 Å². The number of furan rings is 1. The van der Waals surface area contributed by atoms with Crippen LogP contribution in [0.5, 0.6) is 5.75 Å². The Morgan fingerprint density at radius 2 is 1.93 bits per heavy atom. The zero-order valence-electron chi connectivity index (χ0n) is 16.2. The molecule has 1 fully saturated rings. The molecule has 1 N–H and O–H groups in total. The smallest absolute Gasteiger partial charge is 0.230 e. The predicted molar refractivity (Wildman–Crippen MR) is 109 cm³/mol. The summed E-state index contributed by atoms with van der Waals surface area (Å²) in [7, 11) is 1.84. The second-order valence-corrected chi connectivity index (χ2v) is 7.55. The predicted octanol–water partition coefficient (Wildman–Crippen LogP) is 3.98. The van der Waals surface area contributed by atoms with Gasteiger partial charge in [0, 0.05) is 19.0 Å². The Labute approximate surface area is 165 Å². The Bertz CT molecular complexity index is 926. The molecule has 1 saturated heterocycles. The molecule has 0 saturated carbocycles. The Hall–Kier alpha value is -2.79. The third-order valence-electron chi connectivity index (χ3n) is 5.55. The number of phenolic OH excluding ortho intramolecular Hbond substituents is 1. The number of para-hydroxylation sites is 1. The summed E-state index contributed by atoms with van der Waals surface area (Å²) in [6, 6.07) is 16.8. The van der Waals surface area contributed by atoms with E-state index in [4.69, 9.17) is 4.42 Å². The topological polar surface area (TPSA) is 56.9 Å². The van der Waals surface area contributed by atoms with Crippen LogP contribution in [0.1, 0.15) is 30.2 Å². The molecule has 2 aromatic carbocycles. The van der Waals surface area contributed by atoms with Crippen LogP contribution in [0.25, 0.3) is 11.0 Å². The van der Waals surface area contributed by atoms with Crippen molar-refractivity contribution in [2.45, 2.75) is 25.3 Å².